The molecular formula is C15H14N+. The summed E-state index contributed by atoms with van der Waals surface area (Å²) in [4.78, 5) is 3.00. The molecule has 0 aliphatic rings. The maximum Gasteiger partial charge on any atom is 0.167 e. The summed E-state index contributed by atoms with van der Waals surface area (Å²) in [7, 11) is 0. The summed E-state index contributed by atoms with van der Waals surface area (Å²) >= 11 is 0. The molecule has 1 aromatic carbocycles. The van der Waals surface area contributed by atoms with Crippen LogP contribution in [0.5, 0.6) is 0 Å². The summed E-state index contributed by atoms with van der Waals surface area (Å²) in [6.07, 6.45) is 12.1. The van der Waals surface area contributed by atoms with E-state index in [4.69, 9.17) is 0 Å². The molecule has 78 valence electrons. The average Bonchev–Trinajstić information content (AvgIpc) is 2.37. The first-order valence-electron chi connectivity index (χ1n) is 5.31. The van der Waals surface area contributed by atoms with Crippen molar-refractivity contribution in [2.75, 3.05) is 0 Å². The molecule has 0 fully saturated rings. The van der Waals surface area contributed by atoms with Gasteiger partial charge in [-0.3, -0.25) is 0 Å². The smallest absolute Gasteiger partial charge is 0.167 e. The fraction of sp³-hybridized carbons (Fsp3) is 0. The zero-order chi connectivity index (χ0) is 11.1. The Morgan fingerprint density at radius 3 is 1.88 bits per heavy atom. The lowest BCUT2D eigenvalue weighted by atomic mass is 10.2. The van der Waals surface area contributed by atoms with E-state index in [0.717, 1.165) is 0 Å². The zero-order valence-electron chi connectivity index (χ0n) is 9.01. The molecule has 0 bridgehead atoms. The molecule has 1 heterocycles. The molecule has 0 saturated heterocycles. The van der Waals surface area contributed by atoms with Gasteiger partial charge in [-0.25, -0.2) is 4.98 Å². The molecule has 1 heteroatoms. The number of benzene rings is 1. The summed E-state index contributed by atoms with van der Waals surface area (Å²) < 4.78 is 0. The van der Waals surface area contributed by atoms with Gasteiger partial charge in [0.25, 0.3) is 0 Å². The summed E-state index contributed by atoms with van der Waals surface area (Å²) in [6.45, 7) is 0. The van der Waals surface area contributed by atoms with Gasteiger partial charge < -0.3 is 0 Å². The van der Waals surface area contributed by atoms with Crippen molar-refractivity contribution in [2.24, 2.45) is 0 Å². The van der Waals surface area contributed by atoms with Crippen LogP contribution in [0, 0.1) is 0 Å². The molecule has 0 radical (unpaired) electrons. The van der Waals surface area contributed by atoms with E-state index in [0.29, 0.717) is 0 Å². The highest BCUT2D eigenvalue weighted by Crippen LogP contribution is 2.02. The third-order valence-corrected chi connectivity index (χ3v) is 2.23. The Hall–Kier alpha value is -2.15. The number of nitrogens with one attached hydrogen (secondary N) is 1. The minimum Gasteiger partial charge on any atom is -0.218 e. The van der Waals surface area contributed by atoms with Crippen LogP contribution in [0.4, 0.5) is 0 Å². The number of aromatic amines is 1. The van der Waals surface area contributed by atoms with Gasteiger partial charge >= 0.3 is 0 Å². The van der Waals surface area contributed by atoms with Crippen molar-refractivity contribution in [1.82, 2.24) is 0 Å². The predicted molar refractivity (Wildman–Crippen MR) is 67.5 cm³/mol. The van der Waals surface area contributed by atoms with Crippen LogP contribution in [0.2, 0.25) is 0 Å². The number of H-pyrrole nitrogens is 1. The van der Waals surface area contributed by atoms with Crippen LogP contribution >= 0.6 is 0 Å². The fourth-order valence-corrected chi connectivity index (χ4v) is 1.41. The minimum absolute atomic E-state index is 1.19. The average molecular weight is 208 g/mol. The molecule has 2 rings (SSSR count). The summed E-state index contributed by atoms with van der Waals surface area (Å²) in [5.74, 6) is 0. The Labute approximate surface area is 95.8 Å². The second-order valence-corrected chi connectivity index (χ2v) is 3.46. The molecule has 2 aromatic rings. The summed E-state index contributed by atoms with van der Waals surface area (Å²) in [6, 6.07) is 14.3. The van der Waals surface area contributed by atoms with Crippen LogP contribution < -0.4 is 4.98 Å². The molecule has 0 aliphatic carbocycles. The standard InChI is InChI=1S/C15H13N/c1-2-6-14(7-3-1)8-4-5-9-15-10-12-16-13-11-15/h1-13H/p+1/b8-4+,9-5+. The number of aromatic nitrogens is 1. The second kappa shape index (κ2) is 5.66. The van der Waals surface area contributed by atoms with Crippen LogP contribution in [0.1, 0.15) is 11.1 Å². The highest BCUT2D eigenvalue weighted by molar-refractivity contribution is 5.56. The van der Waals surface area contributed by atoms with Crippen molar-refractivity contribution in [3.8, 4) is 0 Å². The van der Waals surface area contributed by atoms with Gasteiger partial charge in [0.1, 0.15) is 0 Å². The van der Waals surface area contributed by atoms with Crippen molar-refractivity contribution in [2.45, 2.75) is 0 Å². The van der Waals surface area contributed by atoms with E-state index >= 15 is 0 Å². The van der Waals surface area contributed by atoms with Crippen LogP contribution in [-0.4, -0.2) is 0 Å². The first kappa shape index (κ1) is 10.4. The Balaban J connectivity index is 1.98. The minimum atomic E-state index is 1.19. The maximum atomic E-state index is 3.00. The molecule has 0 unspecified atom stereocenters. The molecule has 16 heavy (non-hydrogen) atoms. The van der Waals surface area contributed by atoms with Gasteiger partial charge in [-0.15, -0.1) is 0 Å². The first-order chi connectivity index (χ1) is 7.95. The van der Waals surface area contributed by atoms with E-state index in [1.54, 1.807) is 0 Å². The topological polar surface area (TPSA) is 14.1 Å². The van der Waals surface area contributed by atoms with Crippen LogP contribution in [-0.2, 0) is 0 Å². The lowest BCUT2D eigenvalue weighted by Crippen LogP contribution is -1.96. The SMILES string of the molecule is C(/C=C/c1cc[nH+]cc1)=C\c1ccccc1. The van der Waals surface area contributed by atoms with Crippen molar-refractivity contribution >= 4 is 12.2 Å². The predicted octanol–water partition coefficient (Wildman–Crippen LogP) is 3.23. The van der Waals surface area contributed by atoms with E-state index in [1.807, 2.05) is 54.9 Å². The molecule has 0 saturated carbocycles. The van der Waals surface area contributed by atoms with Crippen LogP contribution in [0.15, 0.2) is 67.0 Å². The van der Waals surface area contributed by atoms with Gasteiger partial charge in [-0.1, -0.05) is 54.6 Å². The van der Waals surface area contributed by atoms with Gasteiger partial charge in [0.2, 0.25) is 0 Å². The van der Waals surface area contributed by atoms with E-state index in [1.165, 1.54) is 11.1 Å². The summed E-state index contributed by atoms with van der Waals surface area (Å²) in [5.41, 5.74) is 2.41. The van der Waals surface area contributed by atoms with Crippen molar-refractivity contribution in [3.63, 3.8) is 0 Å². The lowest BCUT2D eigenvalue weighted by molar-refractivity contribution is -0.378. The lowest BCUT2D eigenvalue weighted by Gasteiger charge is -1.89. The number of allylic oxidation sites excluding steroid dienone is 2. The Kier molecular flexibility index (Phi) is 3.67. The van der Waals surface area contributed by atoms with E-state index in [2.05, 4.69) is 29.3 Å². The number of rotatable bonds is 3. The van der Waals surface area contributed by atoms with Crippen molar-refractivity contribution < 1.29 is 4.98 Å². The van der Waals surface area contributed by atoms with Crippen LogP contribution in [0.25, 0.3) is 12.2 Å². The highest BCUT2D eigenvalue weighted by Gasteiger charge is 1.84. The second-order valence-electron chi connectivity index (χ2n) is 3.46. The van der Waals surface area contributed by atoms with Gasteiger partial charge in [-0.05, 0) is 11.1 Å². The van der Waals surface area contributed by atoms with Gasteiger partial charge in [0.05, 0.1) is 0 Å². The van der Waals surface area contributed by atoms with Crippen molar-refractivity contribution in [1.29, 1.82) is 0 Å². The largest absolute Gasteiger partial charge is 0.218 e. The highest BCUT2D eigenvalue weighted by atomic mass is 14.6. The van der Waals surface area contributed by atoms with Crippen molar-refractivity contribution in [3.05, 3.63) is 78.1 Å². The number of hydrogen-bond acceptors (Lipinski definition) is 0. The molecule has 0 spiro atoms. The molecule has 1 N–H and O–H groups in total. The monoisotopic (exact) mass is 208 g/mol. The Morgan fingerprint density at radius 2 is 1.25 bits per heavy atom. The third-order valence-electron chi connectivity index (χ3n) is 2.23. The molecule has 0 atom stereocenters. The summed E-state index contributed by atoms with van der Waals surface area (Å²) in [5, 5.41) is 0. The van der Waals surface area contributed by atoms with E-state index in [-0.39, 0.29) is 0 Å². The third kappa shape index (κ3) is 3.21. The zero-order valence-corrected chi connectivity index (χ0v) is 9.01. The maximum absolute atomic E-state index is 3.00. The molecule has 0 aliphatic heterocycles. The number of pyridine rings is 1. The first-order valence-corrected chi connectivity index (χ1v) is 5.31. The van der Waals surface area contributed by atoms with Crippen LogP contribution in [0.3, 0.4) is 0 Å². The fourth-order valence-electron chi connectivity index (χ4n) is 1.41. The Morgan fingerprint density at radius 1 is 0.688 bits per heavy atom. The van der Waals surface area contributed by atoms with Gasteiger partial charge in [0.15, 0.2) is 12.4 Å². The van der Waals surface area contributed by atoms with E-state index < -0.39 is 0 Å². The molecule has 1 aromatic heterocycles. The van der Waals surface area contributed by atoms with E-state index in [9.17, 15) is 0 Å². The number of hydrogen-bond donors (Lipinski definition) is 0. The molecule has 0 amide bonds. The molecular weight excluding hydrogens is 194 g/mol. The molecule has 1 nitrogen and oxygen atoms in total. The normalized spacial score (nSPS) is 11.2. The van der Waals surface area contributed by atoms with Gasteiger partial charge in [-0.2, -0.15) is 0 Å². The van der Waals surface area contributed by atoms with Gasteiger partial charge in [0, 0.05) is 12.1 Å². The quantitative estimate of drug-likeness (QED) is 0.688. The Bertz CT molecular complexity index is 422.